The Bertz CT molecular complexity index is 807. The summed E-state index contributed by atoms with van der Waals surface area (Å²) < 4.78 is 40.8. The van der Waals surface area contributed by atoms with Gasteiger partial charge in [0, 0.05) is 26.1 Å². The van der Waals surface area contributed by atoms with Crippen LogP contribution in [-0.2, 0) is 25.2 Å². The van der Waals surface area contributed by atoms with Gasteiger partial charge in [0.25, 0.3) is 0 Å². The molecule has 0 spiro atoms. The second kappa shape index (κ2) is 7.58. The van der Waals surface area contributed by atoms with Crippen LogP contribution in [0.15, 0.2) is 35.6 Å². The number of nitrogens with one attached hydrogen (secondary N) is 2. The summed E-state index contributed by atoms with van der Waals surface area (Å²) in [5.74, 6) is 1.34. The van der Waals surface area contributed by atoms with Gasteiger partial charge in [0.2, 0.25) is 0 Å². The van der Waals surface area contributed by atoms with Crippen molar-refractivity contribution < 1.29 is 13.2 Å². The number of benzene rings is 1. The Kier molecular flexibility index (Phi) is 5.38. The van der Waals surface area contributed by atoms with Gasteiger partial charge in [-0.25, -0.2) is 4.98 Å². The third kappa shape index (κ3) is 4.23. The van der Waals surface area contributed by atoms with Crippen LogP contribution in [0.2, 0.25) is 0 Å². The van der Waals surface area contributed by atoms with Crippen LogP contribution in [0.4, 0.5) is 13.2 Å². The number of guanidine groups is 1. The van der Waals surface area contributed by atoms with E-state index in [1.807, 2.05) is 0 Å². The van der Waals surface area contributed by atoms with E-state index >= 15 is 0 Å². The summed E-state index contributed by atoms with van der Waals surface area (Å²) in [7, 11) is 3.46. The topological polar surface area (TPSA) is 67.1 Å². The number of alkyl halides is 3. The van der Waals surface area contributed by atoms with Gasteiger partial charge in [0.05, 0.1) is 12.1 Å². The Labute approximate surface area is 155 Å². The fourth-order valence-corrected chi connectivity index (χ4v) is 3.31. The third-order valence-electron chi connectivity index (χ3n) is 5.15. The van der Waals surface area contributed by atoms with Gasteiger partial charge in [0.1, 0.15) is 12.2 Å². The van der Waals surface area contributed by atoms with Crippen molar-refractivity contribution in [3.8, 4) is 0 Å². The SMILES string of the molecule is CN=C(NCc1ncnn1C)NCC1(c2cccc(C(F)(F)F)c2)CCC1. The van der Waals surface area contributed by atoms with Gasteiger partial charge in [-0.3, -0.25) is 9.67 Å². The van der Waals surface area contributed by atoms with Crippen molar-refractivity contribution in [2.45, 2.75) is 37.4 Å². The summed E-state index contributed by atoms with van der Waals surface area (Å²) in [5, 5.41) is 10.4. The quantitative estimate of drug-likeness (QED) is 0.618. The van der Waals surface area contributed by atoms with Crippen LogP contribution in [0, 0.1) is 0 Å². The van der Waals surface area contributed by atoms with Gasteiger partial charge >= 0.3 is 6.18 Å². The Balaban J connectivity index is 1.66. The molecule has 1 aliphatic rings. The minimum absolute atomic E-state index is 0.302. The number of aromatic nitrogens is 3. The second-order valence-corrected chi connectivity index (χ2v) is 6.79. The van der Waals surface area contributed by atoms with E-state index in [1.54, 1.807) is 24.8 Å². The lowest BCUT2D eigenvalue weighted by Gasteiger charge is -2.43. The van der Waals surface area contributed by atoms with Crippen molar-refractivity contribution in [1.82, 2.24) is 25.4 Å². The molecule has 0 aliphatic heterocycles. The molecule has 1 heterocycles. The number of rotatable bonds is 5. The lowest BCUT2D eigenvalue weighted by molar-refractivity contribution is -0.137. The first-order valence-electron chi connectivity index (χ1n) is 8.79. The van der Waals surface area contributed by atoms with Gasteiger partial charge in [-0.15, -0.1) is 0 Å². The average Bonchev–Trinajstić information content (AvgIpc) is 3.01. The van der Waals surface area contributed by atoms with E-state index in [0.29, 0.717) is 19.0 Å². The first kappa shape index (κ1) is 19.2. The maximum atomic E-state index is 13.1. The predicted molar refractivity (Wildman–Crippen MR) is 96.2 cm³/mol. The number of nitrogens with zero attached hydrogens (tertiary/aromatic N) is 4. The van der Waals surface area contributed by atoms with Crippen molar-refractivity contribution in [1.29, 1.82) is 0 Å². The van der Waals surface area contributed by atoms with Crippen molar-refractivity contribution in [2.24, 2.45) is 12.0 Å². The summed E-state index contributed by atoms with van der Waals surface area (Å²) in [5.41, 5.74) is -0.181. The highest BCUT2D eigenvalue weighted by atomic mass is 19.4. The molecule has 2 N–H and O–H groups in total. The summed E-state index contributed by atoms with van der Waals surface area (Å²) in [6.07, 6.45) is -0.154. The smallest absolute Gasteiger partial charge is 0.356 e. The van der Waals surface area contributed by atoms with Gasteiger partial charge < -0.3 is 10.6 Å². The molecular weight excluding hydrogens is 357 g/mol. The zero-order valence-corrected chi connectivity index (χ0v) is 15.3. The molecule has 2 aromatic rings. The highest BCUT2D eigenvalue weighted by molar-refractivity contribution is 5.79. The molecule has 27 heavy (non-hydrogen) atoms. The van der Waals surface area contributed by atoms with Gasteiger partial charge in [0.15, 0.2) is 5.96 Å². The zero-order chi connectivity index (χ0) is 19.5. The molecule has 1 saturated carbocycles. The minimum atomic E-state index is -4.33. The van der Waals surface area contributed by atoms with Crippen LogP contribution >= 0.6 is 0 Å². The molecule has 0 bridgehead atoms. The van der Waals surface area contributed by atoms with E-state index in [2.05, 4.69) is 25.7 Å². The standard InChI is InChI=1S/C18H23F3N6/c1-22-16(23-10-15-25-12-26-27(15)2)24-11-17(7-4-8-17)13-5-3-6-14(9-13)18(19,20)21/h3,5-6,9,12H,4,7-8,10-11H2,1-2H3,(H2,22,23,24). The summed E-state index contributed by atoms with van der Waals surface area (Å²) >= 11 is 0. The van der Waals surface area contributed by atoms with E-state index in [4.69, 9.17) is 0 Å². The summed E-state index contributed by atoms with van der Waals surface area (Å²) in [4.78, 5) is 8.32. The van der Waals surface area contributed by atoms with Crippen LogP contribution in [0.25, 0.3) is 0 Å². The fraction of sp³-hybridized carbons (Fsp3) is 0.500. The van der Waals surface area contributed by atoms with E-state index in [9.17, 15) is 13.2 Å². The number of hydrogen-bond donors (Lipinski definition) is 2. The molecule has 3 rings (SSSR count). The maximum absolute atomic E-state index is 13.1. The highest BCUT2D eigenvalue weighted by Crippen LogP contribution is 2.44. The molecule has 1 aliphatic carbocycles. The minimum Gasteiger partial charge on any atom is -0.356 e. The molecule has 6 nitrogen and oxygen atoms in total. The van der Waals surface area contributed by atoms with E-state index < -0.39 is 11.7 Å². The van der Waals surface area contributed by atoms with Crippen molar-refractivity contribution in [3.05, 3.63) is 47.5 Å². The Morgan fingerprint density at radius 3 is 2.63 bits per heavy atom. The molecule has 1 aromatic heterocycles. The van der Waals surface area contributed by atoms with Crippen LogP contribution in [-0.4, -0.2) is 34.3 Å². The summed E-state index contributed by atoms with van der Waals surface area (Å²) in [6, 6.07) is 5.66. The van der Waals surface area contributed by atoms with Gasteiger partial charge in [-0.2, -0.15) is 18.3 Å². The lowest BCUT2D eigenvalue weighted by atomic mass is 9.64. The van der Waals surface area contributed by atoms with E-state index in [-0.39, 0.29) is 5.41 Å². The molecule has 1 fully saturated rings. The number of halogens is 3. The molecule has 0 saturated heterocycles. The first-order chi connectivity index (χ1) is 12.8. The second-order valence-electron chi connectivity index (χ2n) is 6.79. The fourth-order valence-electron chi connectivity index (χ4n) is 3.31. The average molecular weight is 380 g/mol. The summed E-state index contributed by atoms with van der Waals surface area (Å²) in [6.45, 7) is 0.972. The monoisotopic (exact) mass is 380 g/mol. The van der Waals surface area contributed by atoms with E-state index in [0.717, 1.165) is 36.7 Å². The molecule has 0 amide bonds. The number of hydrogen-bond acceptors (Lipinski definition) is 3. The third-order valence-corrected chi connectivity index (χ3v) is 5.15. The first-order valence-corrected chi connectivity index (χ1v) is 8.79. The molecule has 9 heteroatoms. The number of aryl methyl sites for hydroxylation is 1. The molecule has 0 atom stereocenters. The predicted octanol–water partition coefficient (Wildman–Crippen LogP) is 2.62. The molecule has 146 valence electrons. The van der Waals surface area contributed by atoms with Gasteiger partial charge in [-0.05, 0) is 24.5 Å². The van der Waals surface area contributed by atoms with E-state index in [1.165, 1.54) is 18.5 Å². The molecule has 0 unspecified atom stereocenters. The van der Waals surface area contributed by atoms with Crippen LogP contribution < -0.4 is 10.6 Å². The van der Waals surface area contributed by atoms with Crippen LogP contribution in [0.1, 0.15) is 36.2 Å². The zero-order valence-electron chi connectivity index (χ0n) is 15.3. The molecule has 0 radical (unpaired) electrons. The van der Waals surface area contributed by atoms with Crippen LogP contribution in [0.5, 0.6) is 0 Å². The highest BCUT2D eigenvalue weighted by Gasteiger charge is 2.40. The molecule has 1 aromatic carbocycles. The normalized spacial score (nSPS) is 16.7. The van der Waals surface area contributed by atoms with Crippen molar-refractivity contribution in [3.63, 3.8) is 0 Å². The largest absolute Gasteiger partial charge is 0.416 e. The maximum Gasteiger partial charge on any atom is 0.416 e. The lowest BCUT2D eigenvalue weighted by Crippen LogP contribution is -2.48. The van der Waals surface area contributed by atoms with Crippen molar-refractivity contribution >= 4 is 5.96 Å². The van der Waals surface area contributed by atoms with Crippen LogP contribution in [0.3, 0.4) is 0 Å². The Hall–Kier alpha value is -2.58. The Morgan fingerprint density at radius 1 is 1.30 bits per heavy atom. The van der Waals surface area contributed by atoms with Crippen molar-refractivity contribution in [2.75, 3.05) is 13.6 Å². The molecular formula is C18H23F3N6. The number of aliphatic imine (C=N–C) groups is 1. The van der Waals surface area contributed by atoms with Gasteiger partial charge in [-0.1, -0.05) is 24.6 Å². The Morgan fingerprint density at radius 2 is 2.07 bits per heavy atom.